The molecular weight excluding hydrogens is 799 g/mol. The molecule has 2 heteroatoms. The summed E-state index contributed by atoms with van der Waals surface area (Å²) in [5, 5.41) is 10.2. The number of ether oxygens (including phenoxy) is 1. The quantitative estimate of drug-likeness (QED) is 0.162. The maximum Gasteiger partial charge on any atom is 0.128 e. The monoisotopic (exact) mass is 843 g/mol. The molecule has 10 aromatic rings. The maximum atomic E-state index is 6.48. The fourth-order valence-corrected chi connectivity index (χ4v) is 12.2. The highest BCUT2D eigenvalue weighted by Crippen LogP contribution is 2.57. The lowest BCUT2D eigenvalue weighted by molar-refractivity contribution is 0.271. The van der Waals surface area contributed by atoms with Crippen molar-refractivity contribution in [2.24, 2.45) is 10.9 Å². The summed E-state index contributed by atoms with van der Waals surface area (Å²) in [5.74, 6) is 1.81. The lowest BCUT2D eigenvalue weighted by atomic mass is 9.72. The summed E-state index contributed by atoms with van der Waals surface area (Å²) in [5.41, 5.74) is 17.5. The Morgan fingerprint density at radius 1 is 0.439 bits per heavy atom. The largest absolute Gasteiger partial charge is 0.485 e. The Morgan fingerprint density at radius 2 is 1.08 bits per heavy atom. The third-order valence-corrected chi connectivity index (χ3v) is 15.5. The number of hydrogen-bond acceptors (Lipinski definition) is 2. The summed E-state index contributed by atoms with van der Waals surface area (Å²) in [6, 6.07) is 70.1. The van der Waals surface area contributed by atoms with Crippen molar-refractivity contribution in [1.29, 1.82) is 0 Å². The zero-order valence-corrected chi connectivity index (χ0v) is 36.9. The minimum Gasteiger partial charge on any atom is -0.485 e. The lowest BCUT2D eigenvalue weighted by Gasteiger charge is -2.30. The molecule has 2 aliphatic carbocycles. The fraction of sp³-hybridized carbons (Fsp3) is 0.109. The van der Waals surface area contributed by atoms with Crippen LogP contribution in [0.2, 0.25) is 0 Å². The number of benzene rings is 10. The first-order chi connectivity index (χ1) is 32.6. The molecule has 2 heterocycles. The summed E-state index contributed by atoms with van der Waals surface area (Å²) < 4.78 is 6.48. The standard InChI is InChI=1S/C64H45NO/c1-37-38(2)63(65-64(40-14-4-3-5-15-40)54-32-25-39-13-6-7-18-46(39)60(37)54)45-17-10-16-41(33-45)42-26-29-49-47-19-8-9-20-48(47)50-30-27-44(36-57(50)56(49)35-42)43-28-31-51-52-21-11-23-58-61(52)62-53(55(51)34-43)22-12-24-59(62)66-58/h3-38,58,61,63H,1-2H3. The van der Waals surface area contributed by atoms with Gasteiger partial charge in [0.05, 0.1) is 17.7 Å². The van der Waals surface area contributed by atoms with Crippen molar-refractivity contribution in [2.75, 3.05) is 0 Å². The minimum absolute atomic E-state index is 0.0339. The Morgan fingerprint density at radius 3 is 1.86 bits per heavy atom. The molecular formula is C64H45NO. The van der Waals surface area contributed by atoms with Crippen LogP contribution >= 0.6 is 0 Å². The highest BCUT2D eigenvalue weighted by molar-refractivity contribution is 6.26. The van der Waals surface area contributed by atoms with E-state index in [0.29, 0.717) is 0 Å². The smallest absolute Gasteiger partial charge is 0.128 e. The highest BCUT2D eigenvalue weighted by atomic mass is 16.5. The van der Waals surface area contributed by atoms with E-state index in [9.17, 15) is 0 Å². The molecule has 0 aromatic heterocycles. The van der Waals surface area contributed by atoms with Crippen LogP contribution in [0.5, 0.6) is 5.75 Å². The Kier molecular flexibility index (Phi) is 8.16. The van der Waals surface area contributed by atoms with E-state index in [1.54, 1.807) is 0 Å². The molecule has 0 radical (unpaired) electrons. The first-order valence-electron chi connectivity index (χ1n) is 23.5. The topological polar surface area (TPSA) is 21.6 Å². The van der Waals surface area contributed by atoms with Crippen LogP contribution in [0.3, 0.4) is 0 Å². The Labute approximate surface area is 384 Å². The van der Waals surface area contributed by atoms with Crippen molar-refractivity contribution >= 4 is 54.4 Å². The number of aliphatic imine (C=N–C) groups is 1. The molecule has 0 saturated heterocycles. The van der Waals surface area contributed by atoms with Gasteiger partial charge < -0.3 is 4.74 Å². The Hall–Kier alpha value is -7.81. The van der Waals surface area contributed by atoms with E-state index in [-0.39, 0.29) is 29.9 Å². The number of nitrogens with zero attached hydrogens (tertiary/aromatic N) is 1. The molecule has 2 aliphatic heterocycles. The number of rotatable bonds is 4. The first-order valence-corrected chi connectivity index (χ1v) is 23.5. The third kappa shape index (κ3) is 5.51. The van der Waals surface area contributed by atoms with Gasteiger partial charge in [-0.1, -0.05) is 184 Å². The van der Waals surface area contributed by atoms with Crippen LogP contribution in [-0.4, -0.2) is 11.8 Å². The second-order valence-corrected chi connectivity index (χ2v) is 18.9. The molecule has 0 saturated carbocycles. The molecule has 5 unspecified atom stereocenters. The molecule has 10 aromatic carbocycles. The van der Waals surface area contributed by atoms with Gasteiger partial charge in [0.15, 0.2) is 0 Å². The van der Waals surface area contributed by atoms with Crippen molar-refractivity contribution in [3.05, 3.63) is 240 Å². The SMILES string of the molecule is CC1c2c(ccc3ccccc23)C(c2ccccc2)=NC(c2cccc(-c3ccc4c5ccccc5c5ccc(-c6ccc7c(c6)-c6cccc8c6C6C7=CC=CC6O8)cc5c4c3)c2)C1C. The summed E-state index contributed by atoms with van der Waals surface area (Å²) >= 11 is 0. The summed E-state index contributed by atoms with van der Waals surface area (Å²) in [4.78, 5) is 5.76. The van der Waals surface area contributed by atoms with E-state index in [2.05, 4.69) is 220 Å². The van der Waals surface area contributed by atoms with Crippen LogP contribution in [0, 0.1) is 5.92 Å². The van der Waals surface area contributed by atoms with Crippen molar-refractivity contribution in [1.82, 2.24) is 0 Å². The van der Waals surface area contributed by atoms with Gasteiger partial charge in [-0.2, -0.15) is 0 Å². The maximum absolute atomic E-state index is 6.48. The molecule has 312 valence electrons. The summed E-state index contributed by atoms with van der Waals surface area (Å²) in [6.07, 6.45) is 6.73. The molecule has 0 spiro atoms. The van der Waals surface area contributed by atoms with E-state index >= 15 is 0 Å². The van der Waals surface area contributed by atoms with E-state index < -0.39 is 0 Å². The molecule has 2 nitrogen and oxygen atoms in total. The van der Waals surface area contributed by atoms with Crippen LogP contribution in [0.4, 0.5) is 0 Å². The molecule has 5 atom stereocenters. The van der Waals surface area contributed by atoms with Crippen molar-refractivity contribution < 1.29 is 4.74 Å². The molecule has 4 aliphatic rings. The lowest BCUT2D eigenvalue weighted by Crippen LogP contribution is -2.21. The van der Waals surface area contributed by atoms with Crippen molar-refractivity contribution in [2.45, 2.75) is 37.8 Å². The zero-order valence-electron chi connectivity index (χ0n) is 36.9. The van der Waals surface area contributed by atoms with Gasteiger partial charge in [-0.05, 0) is 147 Å². The highest BCUT2D eigenvalue weighted by Gasteiger charge is 2.42. The Bertz CT molecular complexity index is 3800. The van der Waals surface area contributed by atoms with Gasteiger partial charge in [-0.3, -0.25) is 4.99 Å². The minimum atomic E-state index is -0.0339. The molecule has 66 heavy (non-hydrogen) atoms. The van der Waals surface area contributed by atoms with E-state index in [1.807, 2.05) is 0 Å². The fourth-order valence-electron chi connectivity index (χ4n) is 12.2. The molecule has 0 bridgehead atoms. The van der Waals surface area contributed by atoms with Gasteiger partial charge >= 0.3 is 0 Å². The van der Waals surface area contributed by atoms with E-state index in [0.717, 1.165) is 17.0 Å². The molecule has 14 rings (SSSR count). The average molecular weight is 844 g/mol. The van der Waals surface area contributed by atoms with Gasteiger partial charge in [0.1, 0.15) is 11.9 Å². The van der Waals surface area contributed by atoms with Gasteiger partial charge in [-0.15, -0.1) is 0 Å². The predicted octanol–water partition coefficient (Wildman–Crippen LogP) is 16.4. The summed E-state index contributed by atoms with van der Waals surface area (Å²) in [7, 11) is 0. The average Bonchev–Trinajstić information content (AvgIpc) is 3.73. The van der Waals surface area contributed by atoms with Crippen LogP contribution < -0.4 is 4.74 Å². The van der Waals surface area contributed by atoms with Crippen molar-refractivity contribution in [3.8, 4) is 39.1 Å². The molecule has 0 amide bonds. The first kappa shape index (κ1) is 37.6. The van der Waals surface area contributed by atoms with Crippen LogP contribution in [0.1, 0.15) is 65.1 Å². The van der Waals surface area contributed by atoms with Gasteiger partial charge in [-0.25, -0.2) is 0 Å². The molecule has 0 fully saturated rings. The van der Waals surface area contributed by atoms with Gasteiger partial charge in [0, 0.05) is 16.7 Å². The van der Waals surface area contributed by atoms with Crippen LogP contribution in [-0.2, 0) is 0 Å². The third-order valence-electron chi connectivity index (χ3n) is 15.5. The number of hydrogen-bond donors (Lipinski definition) is 0. The predicted molar refractivity (Wildman–Crippen MR) is 276 cm³/mol. The van der Waals surface area contributed by atoms with E-state index in [1.165, 1.54) is 110 Å². The van der Waals surface area contributed by atoms with Crippen LogP contribution in [0.25, 0.3) is 82.0 Å². The Balaban J connectivity index is 0.907. The summed E-state index contributed by atoms with van der Waals surface area (Å²) in [6.45, 7) is 4.81. The number of fused-ring (bicyclic) bond motifs is 12. The number of allylic oxidation sites excluding steroid dienone is 2. The zero-order chi connectivity index (χ0) is 43.6. The van der Waals surface area contributed by atoms with Gasteiger partial charge in [0.2, 0.25) is 0 Å². The van der Waals surface area contributed by atoms with Crippen LogP contribution in [0.15, 0.2) is 211 Å². The molecule has 0 N–H and O–H groups in total. The second kappa shape index (κ2) is 14.3. The second-order valence-electron chi connectivity index (χ2n) is 18.9. The van der Waals surface area contributed by atoms with Crippen molar-refractivity contribution in [3.63, 3.8) is 0 Å². The normalized spacial score (nSPS) is 20.1. The van der Waals surface area contributed by atoms with Gasteiger partial charge in [0.25, 0.3) is 0 Å². The van der Waals surface area contributed by atoms with E-state index in [4.69, 9.17) is 9.73 Å².